The Hall–Kier alpha value is -3.30. The molecule has 35 heavy (non-hydrogen) atoms. The van der Waals surface area contributed by atoms with E-state index in [2.05, 4.69) is 15.5 Å². The molecular weight excluding hydrogens is 464 g/mol. The fraction of sp³-hybridized carbons (Fsp3) is 0.346. The molecule has 1 atom stereocenters. The van der Waals surface area contributed by atoms with E-state index in [0.29, 0.717) is 30.9 Å². The van der Waals surface area contributed by atoms with Crippen LogP contribution in [-0.2, 0) is 14.8 Å². The second-order valence-electron chi connectivity index (χ2n) is 9.07. The fourth-order valence-corrected chi connectivity index (χ4v) is 5.95. The van der Waals surface area contributed by atoms with Gasteiger partial charge in [0.15, 0.2) is 10.7 Å². The van der Waals surface area contributed by atoms with Crippen molar-refractivity contribution in [1.82, 2.24) is 14.4 Å². The lowest BCUT2D eigenvalue weighted by Crippen LogP contribution is -2.44. The number of rotatable bonds is 6. The van der Waals surface area contributed by atoms with E-state index in [1.54, 1.807) is 25.3 Å². The summed E-state index contributed by atoms with van der Waals surface area (Å²) in [5.41, 5.74) is 4.43. The smallest absolute Gasteiger partial charge is 0.248 e. The lowest BCUT2D eigenvalue weighted by molar-refractivity contribution is -0.120. The van der Waals surface area contributed by atoms with E-state index in [1.807, 2.05) is 51.1 Å². The maximum atomic E-state index is 13.6. The zero-order valence-electron chi connectivity index (χ0n) is 20.4. The Kier molecular flexibility index (Phi) is 7.18. The van der Waals surface area contributed by atoms with E-state index < -0.39 is 15.9 Å². The number of aromatic nitrogens is 2. The SMILES string of the molecule is Cc1ccc(NC(=O)[C@@H]2CCCN(S(=O)(=O)c3c(C)noc3/C=C/c3cc(C)ccc3C)C2)nc1. The topological polar surface area (TPSA) is 105 Å². The van der Waals surface area contributed by atoms with Gasteiger partial charge in [0.05, 0.1) is 5.92 Å². The second-order valence-corrected chi connectivity index (χ2v) is 10.9. The van der Waals surface area contributed by atoms with Crippen LogP contribution in [0.4, 0.5) is 5.82 Å². The van der Waals surface area contributed by atoms with Crippen LogP contribution in [0.25, 0.3) is 12.2 Å². The highest BCUT2D eigenvalue weighted by Gasteiger charge is 2.37. The maximum Gasteiger partial charge on any atom is 0.248 e. The van der Waals surface area contributed by atoms with Crippen LogP contribution in [0.15, 0.2) is 45.9 Å². The van der Waals surface area contributed by atoms with E-state index >= 15 is 0 Å². The average molecular weight is 495 g/mol. The predicted molar refractivity (Wildman–Crippen MR) is 135 cm³/mol. The quantitative estimate of drug-likeness (QED) is 0.540. The number of amides is 1. The number of hydrogen-bond acceptors (Lipinski definition) is 6. The van der Waals surface area contributed by atoms with Gasteiger partial charge in [-0.3, -0.25) is 4.79 Å². The van der Waals surface area contributed by atoms with Gasteiger partial charge in [-0.25, -0.2) is 13.4 Å². The molecule has 1 aliphatic heterocycles. The van der Waals surface area contributed by atoms with E-state index in [4.69, 9.17) is 4.52 Å². The minimum Gasteiger partial charge on any atom is -0.355 e. The van der Waals surface area contributed by atoms with Crippen molar-refractivity contribution in [1.29, 1.82) is 0 Å². The van der Waals surface area contributed by atoms with Crippen molar-refractivity contribution in [3.05, 3.63) is 70.2 Å². The van der Waals surface area contributed by atoms with Crippen molar-refractivity contribution in [2.24, 2.45) is 5.92 Å². The molecule has 0 unspecified atom stereocenters. The number of hydrogen-bond donors (Lipinski definition) is 1. The minimum atomic E-state index is -3.92. The molecule has 1 saturated heterocycles. The molecule has 0 radical (unpaired) electrons. The van der Waals surface area contributed by atoms with Gasteiger partial charge in [0, 0.05) is 19.3 Å². The van der Waals surface area contributed by atoms with Gasteiger partial charge in [0.25, 0.3) is 0 Å². The molecule has 1 amide bonds. The largest absolute Gasteiger partial charge is 0.355 e. The summed E-state index contributed by atoms with van der Waals surface area (Å²) in [7, 11) is -3.92. The Morgan fingerprint density at radius 3 is 2.63 bits per heavy atom. The van der Waals surface area contributed by atoms with Crippen LogP contribution in [0.3, 0.4) is 0 Å². The molecule has 1 aliphatic rings. The second kappa shape index (κ2) is 10.1. The molecule has 1 N–H and O–H groups in total. The van der Waals surface area contributed by atoms with Crippen LogP contribution in [0.1, 0.15) is 46.5 Å². The molecule has 0 saturated carbocycles. The van der Waals surface area contributed by atoms with Crippen molar-refractivity contribution in [2.45, 2.75) is 45.4 Å². The summed E-state index contributed by atoms with van der Waals surface area (Å²) in [6.45, 7) is 7.95. The molecule has 1 aromatic carbocycles. The first-order chi connectivity index (χ1) is 16.6. The van der Waals surface area contributed by atoms with Crippen LogP contribution in [0.5, 0.6) is 0 Å². The molecule has 0 bridgehead atoms. The van der Waals surface area contributed by atoms with Crippen molar-refractivity contribution in [3.8, 4) is 0 Å². The number of anilines is 1. The van der Waals surface area contributed by atoms with E-state index in [-0.39, 0.29) is 23.1 Å². The number of nitrogens with zero attached hydrogens (tertiary/aromatic N) is 3. The number of carbonyl (C=O) groups excluding carboxylic acids is 1. The molecular formula is C26H30N4O4S. The first kappa shape index (κ1) is 24.8. The minimum absolute atomic E-state index is 0.0420. The lowest BCUT2D eigenvalue weighted by atomic mass is 9.99. The van der Waals surface area contributed by atoms with Crippen molar-refractivity contribution < 1.29 is 17.7 Å². The highest BCUT2D eigenvalue weighted by atomic mass is 32.2. The van der Waals surface area contributed by atoms with Gasteiger partial charge >= 0.3 is 0 Å². The molecule has 0 aliphatic carbocycles. The fourth-order valence-electron chi connectivity index (χ4n) is 4.18. The maximum absolute atomic E-state index is 13.6. The van der Waals surface area contributed by atoms with Gasteiger partial charge in [-0.15, -0.1) is 0 Å². The zero-order chi connectivity index (χ0) is 25.2. The van der Waals surface area contributed by atoms with Crippen LogP contribution in [0.2, 0.25) is 0 Å². The molecule has 3 heterocycles. The number of benzene rings is 1. The normalized spacial score (nSPS) is 17.1. The molecule has 2 aromatic heterocycles. The third-order valence-electron chi connectivity index (χ3n) is 6.20. The van der Waals surface area contributed by atoms with Crippen LogP contribution in [-0.4, -0.2) is 41.9 Å². The molecule has 184 valence electrons. The summed E-state index contributed by atoms with van der Waals surface area (Å²) in [4.78, 5) is 17.1. The Bertz CT molecular complexity index is 1360. The molecule has 9 heteroatoms. The monoisotopic (exact) mass is 494 g/mol. The first-order valence-electron chi connectivity index (χ1n) is 11.6. The highest BCUT2D eigenvalue weighted by molar-refractivity contribution is 7.89. The number of sulfonamides is 1. The van der Waals surface area contributed by atoms with Crippen LogP contribution in [0, 0.1) is 33.6 Å². The number of pyridine rings is 1. The standard InChI is InChI=1S/C26H30N4O4S/c1-17-7-9-19(3)21(14-17)10-11-23-25(20(4)29-34-23)35(32,33)30-13-5-6-22(16-30)26(31)28-24-12-8-18(2)15-27-24/h7-12,14-15,22H,5-6,13,16H2,1-4H3,(H,27,28,31)/b11-10+/t22-/m1/s1. The van der Waals surface area contributed by atoms with Gasteiger partial charge < -0.3 is 9.84 Å². The highest BCUT2D eigenvalue weighted by Crippen LogP contribution is 2.30. The Balaban J connectivity index is 1.55. The molecule has 8 nitrogen and oxygen atoms in total. The van der Waals surface area contributed by atoms with Gasteiger partial charge in [-0.05, 0) is 69.4 Å². The number of nitrogens with one attached hydrogen (secondary N) is 1. The Morgan fingerprint density at radius 1 is 1.11 bits per heavy atom. The first-order valence-corrected chi connectivity index (χ1v) is 13.0. The third kappa shape index (κ3) is 5.52. The van der Waals surface area contributed by atoms with E-state index in [1.165, 1.54) is 4.31 Å². The van der Waals surface area contributed by atoms with Gasteiger partial charge in [-0.1, -0.05) is 41.1 Å². The third-order valence-corrected chi connectivity index (χ3v) is 8.22. The average Bonchev–Trinajstić information content (AvgIpc) is 3.22. The summed E-state index contributed by atoms with van der Waals surface area (Å²) in [6.07, 6.45) is 6.34. The molecule has 0 spiro atoms. The van der Waals surface area contributed by atoms with Gasteiger partial charge in [-0.2, -0.15) is 4.31 Å². The van der Waals surface area contributed by atoms with E-state index in [0.717, 1.165) is 22.3 Å². The molecule has 1 fully saturated rings. The van der Waals surface area contributed by atoms with Crippen molar-refractivity contribution >= 4 is 33.9 Å². The summed E-state index contributed by atoms with van der Waals surface area (Å²) >= 11 is 0. The molecule has 4 rings (SSSR count). The zero-order valence-corrected chi connectivity index (χ0v) is 21.2. The number of aryl methyl sites for hydroxylation is 4. The van der Waals surface area contributed by atoms with Gasteiger partial charge in [0.2, 0.25) is 15.9 Å². The Morgan fingerprint density at radius 2 is 1.89 bits per heavy atom. The van der Waals surface area contributed by atoms with E-state index in [9.17, 15) is 13.2 Å². The Labute approximate surface area is 206 Å². The summed E-state index contributed by atoms with van der Waals surface area (Å²) in [5, 5.41) is 6.73. The van der Waals surface area contributed by atoms with Crippen molar-refractivity contribution in [3.63, 3.8) is 0 Å². The number of carbonyl (C=O) groups is 1. The van der Waals surface area contributed by atoms with Crippen LogP contribution >= 0.6 is 0 Å². The lowest BCUT2D eigenvalue weighted by Gasteiger charge is -2.31. The van der Waals surface area contributed by atoms with Crippen molar-refractivity contribution in [2.75, 3.05) is 18.4 Å². The molecule has 3 aromatic rings. The number of piperidine rings is 1. The summed E-state index contributed by atoms with van der Waals surface area (Å²) in [5.74, 6) is -0.0813. The van der Waals surface area contributed by atoms with Gasteiger partial charge in [0.1, 0.15) is 11.5 Å². The van der Waals surface area contributed by atoms with Crippen LogP contribution < -0.4 is 5.32 Å². The summed E-state index contributed by atoms with van der Waals surface area (Å²) in [6, 6.07) is 9.67. The predicted octanol–water partition coefficient (Wildman–Crippen LogP) is 4.51. The summed E-state index contributed by atoms with van der Waals surface area (Å²) < 4.78 is 34.0.